The van der Waals surface area contributed by atoms with Crippen molar-refractivity contribution in [1.82, 2.24) is 24.8 Å². The Morgan fingerprint density at radius 1 is 1.50 bits per heavy atom. The third-order valence-electron chi connectivity index (χ3n) is 3.13. The first-order chi connectivity index (χ1) is 8.81. The lowest BCUT2D eigenvalue weighted by Crippen LogP contribution is -2.38. The molecule has 96 valence electrons. The van der Waals surface area contributed by atoms with Crippen LogP contribution in [0.4, 0.5) is 0 Å². The molecule has 0 saturated carbocycles. The molecule has 1 saturated heterocycles. The van der Waals surface area contributed by atoms with Crippen LogP contribution in [0, 0.1) is 6.92 Å². The number of aryl methyl sites for hydroxylation is 1. The lowest BCUT2D eigenvalue weighted by Gasteiger charge is -2.31. The minimum atomic E-state index is 0.0374. The summed E-state index contributed by atoms with van der Waals surface area (Å²) in [4.78, 5) is 17.1. The van der Waals surface area contributed by atoms with Gasteiger partial charge in [0.2, 0.25) is 0 Å². The molecule has 2 aromatic rings. The molecule has 0 spiro atoms. The number of aromatic amines is 2. The molecule has 1 aliphatic heterocycles. The molecule has 6 heteroatoms. The molecule has 2 aromatic heterocycles. The SMILES string of the molecule is Cc1cnc(C2CN(Cc3cnc[nH]3)CCO2)[nH]1. The van der Waals surface area contributed by atoms with E-state index in [2.05, 4.69) is 24.8 Å². The van der Waals surface area contributed by atoms with Crippen LogP contribution in [0.15, 0.2) is 18.7 Å². The molecule has 18 heavy (non-hydrogen) atoms. The average Bonchev–Trinajstić information content (AvgIpc) is 3.01. The summed E-state index contributed by atoms with van der Waals surface area (Å²) in [5.74, 6) is 0.918. The number of H-pyrrole nitrogens is 2. The van der Waals surface area contributed by atoms with Gasteiger partial charge in [-0.1, -0.05) is 0 Å². The van der Waals surface area contributed by atoms with E-state index in [1.807, 2.05) is 19.3 Å². The Balaban J connectivity index is 1.65. The topological polar surface area (TPSA) is 69.8 Å². The second-order valence-electron chi connectivity index (χ2n) is 4.62. The molecule has 0 amide bonds. The first-order valence-corrected chi connectivity index (χ1v) is 6.14. The number of nitrogens with one attached hydrogen (secondary N) is 2. The van der Waals surface area contributed by atoms with Crippen LogP contribution in [0.25, 0.3) is 0 Å². The highest BCUT2D eigenvalue weighted by Crippen LogP contribution is 2.20. The van der Waals surface area contributed by atoms with Gasteiger partial charge >= 0.3 is 0 Å². The molecule has 0 aliphatic carbocycles. The van der Waals surface area contributed by atoms with Crippen LogP contribution in [-0.2, 0) is 11.3 Å². The highest BCUT2D eigenvalue weighted by molar-refractivity contribution is 5.03. The monoisotopic (exact) mass is 247 g/mol. The molecule has 1 fully saturated rings. The second-order valence-corrected chi connectivity index (χ2v) is 4.62. The van der Waals surface area contributed by atoms with Crippen LogP contribution < -0.4 is 0 Å². The standard InChI is InChI=1S/C12H17N5O/c1-9-4-14-12(16-9)11-7-17(2-3-18-11)6-10-5-13-8-15-10/h4-5,8,11H,2-3,6-7H2,1H3,(H,13,15)(H,14,16). The van der Waals surface area contributed by atoms with Gasteiger partial charge in [0.1, 0.15) is 11.9 Å². The van der Waals surface area contributed by atoms with Crippen LogP contribution in [0.5, 0.6) is 0 Å². The van der Waals surface area contributed by atoms with Crippen molar-refractivity contribution in [3.63, 3.8) is 0 Å². The van der Waals surface area contributed by atoms with Gasteiger partial charge in [0.25, 0.3) is 0 Å². The quantitative estimate of drug-likeness (QED) is 0.849. The van der Waals surface area contributed by atoms with Gasteiger partial charge in [0.15, 0.2) is 0 Å². The minimum Gasteiger partial charge on any atom is -0.368 e. The highest BCUT2D eigenvalue weighted by atomic mass is 16.5. The van der Waals surface area contributed by atoms with Gasteiger partial charge in [-0.25, -0.2) is 9.97 Å². The lowest BCUT2D eigenvalue weighted by molar-refractivity contribution is -0.0371. The first kappa shape index (κ1) is 11.4. The molecule has 6 nitrogen and oxygen atoms in total. The summed E-state index contributed by atoms with van der Waals surface area (Å²) in [6, 6.07) is 0. The van der Waals surface area contributed by atoms with Gasteiger partial charge in [-0.3, -0.25) is 4.90 Å². The van der Waals surface area contributed by atoms with Crippen LogP contribution in [-0.4, -0.2) is 44.5 Å². The summed E-state index contributed by atoms with van der Waals surface area (Å²) in [6.07, 6.45) is 5.45. The molecule has 1 atom stereocenters. The van der Waals surface area contributed by atoms with E-state index in [1.54, 1.807) is 6.33 Å². The van der Waals surface area contributed by atoms with E-state index in [0.29, 0.717) is 0 Å². The van der Waals surface area contributed by atoms with E-state index in [1.165, 1.54) is 0 Å². The molecular formula is C12H17N5O. The maximum Gasteiger partial charge on any atom is 0.136 e. The Bertz CT molecular complexity index is 492. The molecule has 1 aliphatic rings. The van der Waals surface area contributed by atoms with Crippen LogP contribution in [0.3, 0.4) is 0 Å². The third kappa shape index (κ3) is 2.44. The minimum absolute atomic E-state index is 0.0374. The fourth-order valence-corrected chi connectivity index (χ4v) is 2.22. The largest absolute Gasteiger partial charge is 0.368 e. The van der Waals surface area contributed by atoms with Crippen LogP contribution >= 0.6 is 0 Å². The smallest absolute Gasteiger partial charge is 0.136 e. The number of imidazole rings is 2. The van der Waals surface area contributed by atoms with Gasteiger partial charge in [-0.05, 0) is 6.92 Å². The van der Waals surface area contributed by atoms with Crippen LogP contribution in [0.2, 0.25) is 0 Å². The maximum absolute atomic E-state index is 5.77. The zero-order valence-electron chi connectivity index (χ0n) is 10.4. The zero-order valence-corrected chi connectivity index (χ0v) is 10.4. The molecule has 0 radical (unpaired) electrons. The van der Waals surface area contributed by atoms with E-state index in [9.17, 15) is 0 Å². The second kappa shape index (κ2) is 4.91. The van der Waals surface area contributed by atoms with Gasteiger partial charge in [0.05, 0.1) is 12.9 Å². The summed E-state index contributed by atoms with van der Waals surface area (Å²) < 4.78 is 5.77. The summed E-state index contributed by atoms with van der Waals surface area (Å²) in [6.45, 7) is 5.40. The number of ether oxygens (including phenoxy) is 1. The highest BCUT2D eigenvalue weighted by Gasteiger charge is 2.24. The van der Waals surface area contributed by atoms with Crippen LogP contribution in [0.1, 0.15) is 23.3 Å². The van der Waals surface area contributed by atoms with Crippen molar-refractivity contribution in [3.8, 4) is 0 Å². The lowest BCUT2D eigenvalue weighted by atomic mass is 10.2. The van der Waals surface area contributed by atoms with Gasteiger partial charge in [-0.2, -0.15) is 0 Å². The molecule has 3 heterocycles. The molecule has 0 bridgehead atoms. The van der Waals surface area contributed by atoms with Crippen molar-refractivity contribution in [2.24, 2.45) is 0 Å². The number of nitrogens with zero attached hydrogens (tertiary/aromatic N) is 3. The Hall–Kier alpha value is -1.66. The fourth-order valence-electron chi connectivity index (χ4n) is 2.22. The van der Waals surface area contributed by atoms with Gasteiger partial charge < -0.3 is 14.7 Å². The first-order valence-electron chi connectivity index (χ1n) is 6.14. The average molecular weight is 247 g/mol. The van der Waals surface area contributed by atoms with E-state index in [0.717, 1.165) is 43.5 Å². The Morgan fingerprint density at radius 2 is 2.44 bits per heavy atom. The normalized spacial score (nSPS) is 21.3. The number of aromatic nitrogens is 4. The summed E-state index contributed by atoms with van der Waals surface area (Å²) in [5, 5.41) is 0. The maximum atomic E-state index is 5.77. The van der Waals surface area contributed by atoms with E-state index in [-0.39, 0.29) is 6.10 Å². The summed E-state index contributed by atoms with van der Waals surface area (Å²) >= 11 is 0. The predicted octanol–water partition coefficient (Wildman–Crippen LogP) is 1.01. The molecule has 3 rings (SSSR count). The Labute approximate surface area is 105 Å². The Morgan fingerprint density at radius 3 is 3.17 bits per heavy atom. The Kier molecular flexibility index (Phi) is 3.12. The summed E-state index contributed by atoms with van der Waals surface area (Å²) in [7, 11) is 0. The van der Waals surface area contributed by atoms with Crippen molar-refractivity contribution >= 4 is 0 Å². The van der Waals surface area contributed by atoms with E-state index in [4.69, 9.17) is 4.74 Å². The predicted molar refractivity (Wildman–Crippen MR) is 65.9 cm³/mol. The summed E-state index contributed by atoms with van der Waals surface area (Å²) in [5.41, 5.74) is 2.20. The van der Waals surface area contributed by atoms with Crippen molar-refractivity contribution in [2.75, 3.05) is 19.7 Å². The number of hydrogen-bond acceptors (Lipinski definition) is 4. The molecule has 2 N–H and O–H groups in total. The molecule has 1 unspecified atom stereocenters. The van der Waals surface area contributed by atoms with Gasteiger partial charge in [0, 0.05) is 43.4 Å². The third-order valence-corrected chi connectivity index (χ3v) is 3.13. The number of hydrogen-bond donors (Lipinski definition) is 2. The fraction of sp³-hybridized carbons (Fsp3) is 0.500. The molecular weight excluding hydrogens is 230 g/mol. The van der Waals surface area contributed by atoms with Crippen molar-refractivity contribution in [1.29, 1.82) is 0 Å². The van der Waals surface area contributed by atoms with Crippen molar-refractivity contribution < 1.29 is 4.74 Å². The molecule has 0 aromatic carbocycles. The van der Waals surface area contributed by atoms with Crippen molar-refractivity contribution in [2.45, 2.75) is 19.6 Å². The van der Waals surface area contributed by atoms with E-state index < -0.39 is 0 Å². The van der Waals surface area contributed by atoms with Gasteiger partial charge in [-0.15, -0.1) is 0 Å². The number of morpholine rings is 1. The van der Waals surface area contributed by atoms with Crippen molar-refractivity contribution in [3.05, 3.63) is 35.9 Å². The zero-order chi connectivity index (χ0) is 12.4. The number of rotatable bonds is 3. The van der Waals surface area contributed by atoms with E-state index >= 15 is 0 Å².